The minimum absolute atomic E-state index is 0.0720. The number of benzene rings is 1. The standard InChI is InChI=1S/C19H27NO6/c1-18(2)25-11-15(26-18)17-19(23,12-21)9-8-16(22)20(17)10-13-4-6-14(24-3)7-5-13/h4-7,15,17,21,23H,8-12H2,1-3H3/t15-,17?,19?/m1/s1. The first kappa shape index (κ1) is 19.1. The summed E-state index contributed by atoms with van der Waals surface area (Å²) in [5.74, 6) is -0.124. The molecule has 0 spiro atoms. The van der Waals surface area contributed by atoms with Gasteiger partial charge in [-0.3, -0.25) is 4.79 Å². The van der Waals surface area contributed by atoms with Gasteiger partial charge in [0.15, 0.2) is 5.79 Å². The summed E-state index contributed by atoms with van der Waals surface area (Å²) in [5.41, 5.74) is -0.515. The second-order valence-corrected chi connectivity index (χ2v) is 7.44. The van der Waals surface area contributed by atoms with Gasteiger partial charge in [-0.25, -0.2) is 0 Å². The number of hydrogen-bond acceptors (Lipinski definition) is 6. The second kappa shape index (κ2) is 7.15. The van der Waals surface area contributed by atoms with Crippen LogP contribution in [0.3, 0.4) is 0 Å². The van der Waals surface area contributed by atoms with Gasteiger partial charge >= 0.3 is 0 Å². The van der Waals surface area contributed by atoms with Gasteiger partial charge < -0.3 is 29.3 Å². The van der Waals surface area contributed by atoms with Crippen LogP contribution in [-0.2, 0) is 20.8 Å². The molecule has 7 heteroatoms. The number of likely N-dealkylation sites (tertiary alicyclic amines) is 1. The maximum atomic E-state index is 12.7. The van der Waals surface area contributed by atoms with Crippen LogP contribution in [0.5, 0.6) is 5.75 Å². The quantitative estimate of drug-likeness (QED) is 0.811. The number of rotatable bonds is 5. The van der Waals surface area contributed by atoms with Gasteiger partial charge in [0.25, 0.3) is 0 Å². The van der Waals surface area contributed by atoms with E-state index in [2.05, 4.69) is 0 Å². The Balaban J connectivity index is 1.88. The van der Waals surface area contributed by atoms with Crippen LogP contribution in [0.25, 0.3) is 0 Å². The molecule has 0 saturated carbocycles. The van der Waals surface area contributed by atoms with Crippen molar-refractivity contribution in [3.05, 3.63) is 29.8 Å². The van der Waals surface area contributed by atoms with Crippen LogP contribution < -0.4 is 4.74 Å². The van der Waals surface area contributed by atoms with Crippen molar-refractivity contribution >= 4 is 5.91 Å². The van der Waals surface area contributed by atoms with E-state index in [9.17, 15) is 15.0 Å². The molecule has 1 aromatic carbocycles. The fourth-order valence-corrected chi connectivity index (χ4v) is 3.76. The highest BCUT2D eigenvalue weighted by Crippen LogP contribution is 2.37. The normalized spacial score (nSPS) is 31.3. The first-order chi connectivity index (χ1) is 12.3. The van der Waals surface area contributed by atoms with E-state index in [4.69, 9.17) is 14.2 Å². The monoisotopic (exact) mass is 365 g/mol. The molecule has 7 nitrogen and oxygen atoms in total. The molecule has 2 saturated heterocycles. The molecule has 3 rings (SSSR count). The molecular formula is C19H27NO6. The van der Waals surface area contributed by atoms with Gasteiger partial charge in [-0.2, -0.15) is 0 Å². The van der Waals surface area contributed by atoms with E-state index in [1.807, 2.05) is 24.3 Å². The Morgan fingerprint density at radius 2 is 2.00 bits per heavy atom. The first-order valence-electron chi connectivity index (χ1n) is 8.85. The minimum atomic E-state index is -1.42. The van der Waals surface area contributed by atoms with Crippen LogP contribution in [0, 0.1) is 0 Å². The van der Waals surface area contributed by atoms with Gasteiger partial charge in [-0.15, -0.1) is 0 Å². The van der Waals surface area contributed by atoms with E-state index < -0.39 is 30.1 Å². The van der Waals surface area contributed by atoms with Crippen molar-refractivity contribution in [3.8, 4) is 5.75 Å². The predicted octanol–water partition coefficient (Wildman–Crippen LogP) is 1.06. The molecule has 0 aliphatic carbocycles. The molecule has 1 amide bonds. The van der Waals surface area contributed by atoms with Crippen LogP contribution >= 0.6 is 0 Å². The second-order valence-electron chi connectivity index (χ2n) is 7.44. The lowest BCUT2D eigenvalue weighted by Gasteiger charge is -2.48. The highest BCUT2D eigenvalue weighted by atomic mass is 16.7. The molecule has 0 radical (unpaired) electrons. The van der Waals surface area contributed by atoms with Crippen LogP contribution in [-0.4, -0.2) is 64.9 Å². The molecule has 1 aromatic rings. The summed E-state index contributed by atoms with van der Waals surface area (Å²) in [5, 5.41) is 20.9. The van der Waals surface area contributed by atoms with Crippen molar-refractivity contribution in [2.45, 2.75) is 56.8 Å². The molecule has 144 valence electrons. The van der Waals surface area contributed by atoms with Crippen molar-refractivity contribution in [2.24, 2.45) is 0 Å². The number of carbonyl (C=O) groups is 1. The Bertz CT molecular complexity index is 646. The number of aliphatic hydroxyl groups excluding tert-OH is 1. The molecule has 2 aliphatic heterocycles. The predicted molar refractivity (Wildman–Crippen MR) is 93.5 cm³/mol. The summed E-state index contributed by atoms with van der Waals surface area (Å²) in [6.45, 7) is 3.72. The van der Waals surface area contributed by atoms with Gasteiger partial charge in [0, 0.05) is 13.0 Å². The molecule has 2 heterocycles. The van der Waals surface area contributed by atoms with Crippen molar-refractivity contribution < 1.29 is 29.2 Å². The topological polar surface area (TPSA) is 88.5 Å². The molecule has 3 atom stereocenters. The van der Waals surface area contributed by atoms with Gasteiger partial charge in [-0.1, -0.05) is 12.1 Å². The van der Waals surface area contributed by atoms with Gasteiger partial charge in [0.2, 0.25) is 5.91 Å². The highest BCUT2D eigenvalue weighted by molar-refractivity contribution is 5.78. The van der Waals surface area contributed by atoms with Crippen molar-refractivity contribution in [3.63, 3.8) is 0 Å². The van der Waals surface area contributed by atoms with E-state index in [1.165, 1.54) is 0 Å². The number of piperidine rings is 1. The van der Waals surface area contributed by atoms with E-state index in [0.29, 0.717) is 6.54 Å². The Morgan fingerprint density at radius 1 is 1.31 bits per heavy atom. The lowest BCUT2D eigenvalue weighted by Crippen LogP contribution is -2.65. The smallest absolute Gasteiger partial charge is 0.223 e. The number of ether oxygens (including phenoxy) is 3. The SMILES string of the molecule is COc1ccc(CN2C(=O)CCC(O)(CO)C2[C@H]2COC(C)(C)O2)cc1. The van der Waals surface area contributed by atoms with Crippen LogP contribution in [0.15, 0.2) is 24.3 Å². The molecule has 0 aromatic heterocycles. The maximum Gasteiger partial charge on any atom is 0.223 e. The Hall–Kier alpha value is -1.67. The van der Waals surface area contributed by atoms with Crippen LogP contribution in [0.1, 0.15) is 32.3 Å². The van der Waals surface area contributed by atoms with Crippen molar-refractivity contribution in [1.29, 1.82) is 0 Å². The lowest BCUT2D eigenvalue weighted by atomic mass is 9.81. The molecule has 2 unspecified atom stereocenters. The molecule has 26 heavy (non-hydrogen) atoms. The summed E-state index contributed by atoms with van der Waals surface area (Å²) >= 11 is 0. The zero-order chi connectivity index (χ0) is 18.9. The molecule has 2 aliphatic rings. The third-order valence-electron chi connectivity index (χ3n) is 5.15. The van der Waals surface area contributed by atoms with Crippen LogP contribution in [0.4, 0.5) is 0 Å². The lowest BCUT2D eigenvalue weighted by molar-refractivity contribution is -0.190. The highest BCUT2D eigenvalue weighted by Gasteiger charge is 2.53. The van der Waals surface area contributed by atoms with E-state index in [-0.39, 0.29) is 25.4 Å². The summed E-state index contributed by atoms with van der Waals surface area (Å²) in [4.78, 5) is 14.3. The average molecular weight is 365 g/mol. The summed E-state index contributed by atoms with van der Waals surface area (Å²) in [6, 6.07) is 6.74. The largest absolute Gasteiger partial charge is 0.497 e. The molecule has 0 bridgehead atoms. The Morgan fingerprint density at radius 3 is 2.54 bits per heavy atom. The Labute approximate surface area is 153 Å². The zero-order valence-electron chi connectivity index (χ0n) is 15.5. The molecule has 2 fully saturated rings. The van der Waals surface area contributed by atoms with Gasteiger partial charge in [0.1, 0.15) is 17.5 Å². The number of amides is 1. The number of carbonyl (C=O) groups excluding carboxylic acids is 1. The summed E-state index contributed by atoms with van der Waals surface area (Å²) in [6.07, 6.45) is -0.128. The third-order valence-corrected chi connectivity index (χ3v) is 5.15. The van der Waals surface area contributed by atoms with Gasteiger partial charge in [0.05, 0.1) is 26.4 Å². The van der Waals surface area contributed by atoms with Gasteiger partial charge in [-0.05, 0) is 38.0 Å². The molecular weight excluding hydrogens is 338 g/mol. The number of hydrogen-bond donors (Lipinski definition) is 2. The Kier molecular flexibility index (Phi) is 5.25. The molecule has 2 N–H and O–H groups in total. The fraction of sp³-hybridized carbons (Fsp3) is 0.632. The van der Waals surface area contributed by atoms with Crippen molar-refractivity contribution in [1.82, 2.24) is 4.90 Å². The van der Waals surface area contributed by atoms with Crippen LogP contribution in [0.2, 0.25) is 0 Å². The number of nitrogens with zero attached hydrogens (tertiary/aromatic N) is 1. The van der Waals surface area contributed by atoms with Crippen molar-refractivity contribution in [2.75, 3.05) is 20.3 Å². The number of methoxy groups -OCH3 is 1. The summed E-state index contributed by atoms with van der Waals surface area (Å²) in [7, 11) is 1.60. The van der Waals surface area contributed by atoms with E-state index >= 15 is 0 Å². The maximum absolute atomic E-state index is 12.7. The third kappa shape index (κ3) is 3.71. The van der Waals surface area contributed by atoms with E-state index in [0.717, 1.165) is 11.3 Å². The number of aliphatic hydroxyl groups is 2. The fourth-order valence-electron chi connectivity index (χ4n) is 3.76. The first-order valence-corrected chi connectivity index (χ1v) is 8.85. The minimum Gasteiger partial charge on any atom is -0.497 e. The summed E-state index contributed by atoms with van der Waals surface area (Å²) < 4.78 is 16.7. The average Bonchev–Trinajstić information content (AvgIpc) is 2.98. The van der Waals surface area contributed by atoms with E-state index in [1.54, 1.807) is 25.9 Å². The zero-order valence-corrected chi connectivity index (χ0v) is 15.5.